The molecule has 0 saturated carbocycles. The molecule has 0 bridgehead atoms. The Bertz CT molecular complexity index is 342. The topological polar surface area (TPSA) is 12.5 Å². The van der Waals surface area contributed by atoms with Crippen molar-refractivity contribution in [3.8, 4) is 5.75 Å². The van der Waals surface area contributed by atoms with E-state index in [1.807, 2.05) is 6.07 Å². The molecule has 1 atom stereocenters. The third kappa shape index (κ3) is 2.64. The van der Waals surface area contributed by atoms with Gasteiger partial charge in [0.05, 0.1) is 12.3 Å². The van der Waals surface area contributed by atoms with Crippen LogP contribution in [-0.2, 0) is 0 Å². The van der Waals surface area contributed by atoms with Crippen LogP contribution >= 0.6 is 12.6 Å². The summed E-state index contributed by atoms with van der Waals surface area (Å²) in [4.78, 5) is 2.42. The Labute approximate surface area is 103 Å². The van der Waals surface area contributed by atoms with Crippen LogP contribution in [0, 0.1) is 5.92 Å². The molecule has 1 aliphatic heterocycles. The highest BCUT2D eigenvalue weighted by molar-refractivity contribution is 7.80. The van der Waals surface area contributed by atoms with Gasteiger partial charge >= 0.3 is 0 Å². The van der Waals surface area contributed by atoms with Crippen LogP contribution in [0.1, 0.15) is 13.3 Å². The first kappa shape index (κ1) is 11.6. The zero-order valence-electron chi connectivity index (χ0n) is 9.72. The molecular weight excluding hydrogens is 218 g/mol. The van der Waals surface area contributed by atoms with E-state index in [0.29, 0.717) is 5.92 Å². The minimum Gasteiger partial charge on any atom is -0.491 e. The molecule has 0 amide bonds. The molecule has 1 unspecified atom stereocenters. The number of benzene rings is 1. The van der Waals surface area contributed by atoms with E-state index in [2.05, 4.69) is 42.7 Å². The number of hydrogen-bond donors (Lipinski definition) is 1. The molecule has 88 valence electrons. The second-order valence-electron chi connectivity index (χ2n) is 4.40. The Balaban J connectivity index is 2.19. The van der Waals surface area contributed by atoms with Crippen molar-refractivity contribution in [3.63, 3.8) is 0 Å². The zero-order chi connectivity index (χ0) is 11.4. The summed E-state index contributed by atoms with van der Waals surface area (Å²) in [5.74, 6) is 2.56. The zero-order valence-corrected chi connectivity index (χ0v) is 10.6. The summed E-state index contributed by atoms with van der Waals surface area (Å²) in [5, 5.41) is 0. The normalized spacial score (nSPS) is 17.2. The van der Waals surface area contributed by atoms with Crippen LogP contribution in [0.5, 0.6) is 5.75 Å². The fourth-order valence-corrected chi connectivity index (χ4v) is 2.14. The van der Waals surface area contributed by atoms with Crippen LogP contribution in [0.2, 0.25) is 0 Å². The second kappa shape index (κ2) is 5.48. The van der Waals surface area contributed by atoms with Gasteiger partial charge in [-0.3, -0.25) is 0 Å². The minimum atomic E-state index is 0.606. The smallest absolute Gasteiger partial charge is 0.142 e. The Kier molecular flexibility index (Phi) is 3.99. The van der Waals surface area contributed by atoms with Gasteiger partial charge in [-0.15, -0.1) is 0 Å². The van der Waals surface area contributed by atoms with Gasteiger partial charge in [0.2, 0.25) is 0 Å². The molecule has 3 heteroatoms. The molecular formula is C13H19NOS. The molecule has 2 rings (SSSR count). The van der Waals surface area contributed by atoms with Gasteiger partial charge in [-0.05, 0) is 30.2 Å². The molecule has 0 aliphatic carbocycles. The van der Waals surface area contributed by atoms with Crippen LogP contribution in [-0.4, -0.2) is 25.4 Å². The van der Waals surface area contributed by atoms with Crippen molar-refractivity contribution in [1.82, 2.24) is 0 Å². The highest BCUT2D eigenvalue weighted by Gasteiger charge is 2.17. The third-order valence-corrected chi connectivity index (χ3v) is 3.50. The SMILES string of the molecule is CC(CS)CN1CCCOc2ccccc21. The van der Waals surface area contributed by atoms with E-state index in [-0.39, 0.29) is 0 Å². The lowest BCUT2D eigenvalue weighted by atomic mass is 10.1. The molecule has 0 aromatic heterocycles. The van der Waals surface area contributed by atoms with Crippen molar-refractivity contribution in [2.24, 2.45) is 5.92 Å². The Morgan fingerprint density at radius 3 is 3.06 bits per heavy atom. The number of nitrogens with zero attached hydrogens (tertiary/aromatic N) is 1. The monoisotopic (exact) mass is 237 g/mol. The summed E-state index contributed by atoms with van der Waals surface area (Å²) in [6.45, 7) is 5.20. The van der Waals surface area contributed by atoms with Crippen LogP contribution in [0.25, 0.3) is 0 Å². The van der Waals surface area contributed by atoms with Crippen molar-refractivity contribution in [3.05, 3.63) is 24.3 Å². The van der Waals surface area contributed by atoms with Crippen molar-refractivity contribution in [2.45, 2.75) is 13.3 Å². The average molecular weight is 237 g/mol. The summed E-state index contributed by atoms with van der Waals surface area (Å²) >= 11 is 4.35. The number of hydrogen-bond acceptors (Lipinski definition) is 3. The molecule has 0 spiro atoms. The molecule has 0 radical (unpaired) electrons. The van der Waals surface area contributed by atoms with Gasteiger partial charge in [-0.2, -0.15) is 12.6 Å². The van der Waals surface area contributed by atoms with Crippen molar-refractivity contribution in [2.75, 3.05) is 30.3 Å². The Morgan fingerprint density at radius 1 is 1.44 bits per heavy atom. The van der Waals surface area contributed by atoms with E-state index in [4.69, 9.17) is 4.74 Å². The van der Waals surface area contributed by atoms with Gasteiger partial charge < -0.3 is 9.64 Å². The summed E-state index contributed by atoms with van der Waals surface area (Å²) in [6, 6.07) is 8.31. The van der Waals surface area contributed by atoms with Crippen LogP contribution in [0.4, 0.5) is 5.69 Å². The van der Waals surface area contributed by atoms with E-state index in [1.54, 1.807) is 0 Å². The standard InChI is InChI=1S/C13H19NOS/c1-11(10-16)9-14-7-4-8-15-13-6-3-2-5-12(13)14/h2-3,5-6,11,16H,4,7-10H2,1H3. The first-order valence-electron chi connectivity index (χ1n) is 5.89. The lowest BCUT2D eigenvalue weighted by Gasteiger charge is -2.26. The van der Waals surface area contributed by atoms with E-state index < -0.39 is 0 Å². The van der Waals surface area contributed by atoms with Crippen molar-refractivity contribution < 1.29 is 4.74 Å². The molecule has 16 heavy (non-hydrogen) atoms. The maximum absolute atomic E-state index is 5.73. The number of thiol groups is 1. The highest BCUT2D eigenvalue weighted by atomic mass is 32.1. The number of para-hydroxylation sites is 2. The quantitative estimate of drug-likeness (QED) is 0.812. The van der Waals surface area contributed by atoms with Gasteiger partial charge in [0.15, 0.2) is 0 Å². The third-order valence-electron chi connectivity index (χ3n) is 2.88. The van der Waals surface area contributed by atoms with E-state index in [9.17, 15) is 0 Å². The largest absolute Gasteiger partial charge is 0.491 e. The lowest BCUT2D eigenvalue weighted by Crippen LogP contribution is -2.29. The summed E-state index contributed by atoms with van der Waals surface area (Å²) < 4.78 is 5.73. The van der Waals surface area contributed by atoms with Crippen molar-refractivity contribution >= 4 is 18.3 Å². The predicted octanol–water partition coefficient (Wildman–Crippen LogP) is 2.84. The number of fused-ring (bicyclic) bond motifs is 1. The molecule has 1 aliphatic rings. The molecule has 1 aromatic carbocycles. The summed E-state index contributed by atoms with van der Waals surface area (Å²) in [6.07, 6.45) is 1.09. The van der Waals surface area contributed by atoms with E-state index >= 15 is 0 Å². The molecule has 2 nitrogen and oxygen atoms in total. The van der Waals surface area contributed by atoms with Gasteiger partial charge in [0.25, 0.3) is 0 Å². The predicted molar refractivity (Wildman–Crippen MR) is 71.8 cm³/mol. The number of ether oxygens (including phenoxy) is 1. The average Bonchev–Trinajstić information content (AvgIpc) is 2.52. The maximum atomic E-state index is 5.73. The van der Waals surface area contributed by atoms with E-state index in [0.717, 1.165) is 37.6 Å². The number of anilines is 1. The van der Waals surface area contributed by atoms with Gasteiger partial charge in [-0.25, -0.2) is 0 Å². The maximum Gasteiger partial charge on any atom is 0.142 e. The van der Waals surface area contributed by atoms with Crippen LogP contribution in [0.15, 0.2) is 24.3 Å². The molecule has 0 N–H and O–H groups in total. The first-order valence-corrected chi connectivity index (χ1v) is 6.52. The highest BCUT2D eigenvalue weighted by Crippen LogP contribution is 2.30. The minimum absolute atomic E-state index is 0.606. The van der Waals surface area contributed by atoms with Gasteiger partial charge in [0.1, 0.15) is 5.75 Å². The lowest BCUT2D eigenvalue weighted by molar-refractivity contribution is 0.322. The molecule has 1 aromatic rings. The number of rotatable bonds is 3. The second-order valence-corrected chi connectivity index (χ2v) is 4.77. The van der Waals surface area contributed by atoms with Crippen LogP contribution in [0.3, 0.4) is 0 Å². The van der Waals surface area contributed by atoms with Gasteiger partial charge in [0, 0.05) is 13.1 Å². The van der Waals surface area contributed by atoms with Crippen molar-refractivity contribution in [1.29, 1.82) is 0 Å². The fourth-order valence-electron chi connectivity index (χ4n) is 2.02. The Morgan fingerprint density at radius 2 is 2.25 bits per heavy atom. The fraction of sp³-hybridized carbons (Fsp3) is 0.538. The Hall–Kier alpha value is -0.830. The first-order chi connectivity index (χ1) is 7.81. The van der Waals surface area contributed by atoms with E-state index in [1.165, 1.54) is 5.69 Å². The summed E-state index contributed by atoms with van der Waals surface area (Å²) in [5.41, 5.74) is 1.23. The molecule has 0 saturated heterocycles. The molecule has 0 fully saturated rings. The summed E-state index contributed by atoms with van der Waals surface area (Å²) in [7, 11) is 0. The molecule has 1 heterocycles. The van der Waals surface area contributed by atoms with Crippen LogP contribution < -0.4 is 9.64 Å². The van der Waals surface area contributed by atoms with Gasteiger partial charge in [-0.1, -0.05) is 19.1 Å².